The zero-order chi connectivity index (χ0) is 14.0. The first-order valence-corrected chi connectivity index (χ1v) is 5.44. The standard InChI is InChI=1S/C14H10F2N2O/c1-8-4-14(11(16)6-12(8)18)19-13-3-2-10(15)5-9(13)7-17/h2-6H,18H2,1H3. The summed E-state index contributed by atoms with van der Waals surface area (Å²) in [5.74, 6) is -1.17. The van der Waals surface area contributed by atoms with Crippen LogP contribution >= 0.6 is 0 Å². The maximum absolute atomic E-state index is 13.7. The lowest BCUT2D eigenvalue weighted by Gasteiger charge is -2.10. The third-order valence-electron chi connectivity index (χ3n) is 2.60. The largest absolute Gasteiger partial charge is 0.453 e. The van der Waals surface area contributed by atoms with Crippen LogP contribution in [0, 0.1) is 29.9 Å². The van der Waals surface area contributed by atoms with Crippen LogP contribution in [0.15, 0.2) is 30.3 Å². The Morgan fingerprint density at radius 1 is 1.16 bits per heavy atom. The van der Waals surface area contributed by atoms with E-state index in [0.717, 1.165) is 18.2 Å². The monoisotopic (exact) mass is 260 g/mol. The summed E-state index contributed by atoms with van der Waals surface area (Å²) in [6.45, 7) is 1.71. The average Bonchev–Trinajstić information content (AvgIpc) is 2.37. The molecule has 0 amide bonds. The van der Waals surface area contributed by atoms with Gasteiger partial charge < -0.3 is 10.5 Å². The van der Waals surface area contributed by atoms with Gasteiger partial charge in [-0.25, -0.2) is 8.78 Å². The molecule has 0 aliphatic rings. The van der Waals surface area contributed by atoms with E-state index >= 15 is 0 Å². The molecule has 0 bridgehead atoms. The van der Waals surface area contributed by atoms with Gasteiger partial charge in [0.25, 0.3) is 0 Å². The Morgan fingerprint density at radius 2 is 1.89 bits per heavy atom. The maximum Gasteiger partial charge on any atom is 0.167 e. The lowest BCUT2D eigenvalue weighted by molar-refractivity contribution is 0.440. The highest BCUT2D eigenvalue weighted by atomic mass is 19.1. The van der Waals surface area contributed by atoms with Crippen molar-refractivity contribution in [2.45, 2.75) is 6.92 Å². The van der Waals surface area contributed by atoms with Crippen LogP contribution in [-0.2, 0) is 0 Å². The molecule has 0 spiro atoms. The molecule has 0 saturated carbocycles. The normalized spacial score (nSPS) is 10.0. The van der Waals surface area contributed by atoms with Crippen LogP contribution in [0.3, 0.4) is 0 Å². The van der Waals surface area contributed by atoms with Gasteiger partial charge in [-0.3, -0.25) is 0 Å². The van der Waals surface area contributed by atoms with E-state index in [-0.39, 0.29) is 17.1 Å². The third kappa shape index (κ3) is 2.63. The number of hydrogen-bond donors (Lipinski definition) is 1. The second-order valence-electron chi connectivity index (χ2n) is 3.99. The van der Waals surface area contributed by atoms with Gasteiger partial charge in [-0.15, -0.1) is 0 Å². The van der Waals surface area contributed by atoms with Gasteiger partial charge >= 0.3 is 0 Å². The van der Waals surface area contributed by atoms with Crippen LogP contribution in [0.2, 0.25) is 0 Å². The van der Waals surface area contributed by atoms with Crippen molar-refractivity contribution in [3.05, 3.63) is 53.1 Å². The molecule has 0 saturated heterocycles. The van der Waals surface area contributed by atoms with Crippen LogP contribution in [0.1, 0.15) is 11.1 Å². The minimum absolute atomic E-state index is 0.00567. The minimum atomic E-state index is -0.642. The molecule has 5 heteroatoms. The molecule has 0 fully saturated rings. The highest BCUT2D eigenvalue weighted by molar-refractivity contribution is 5.52. The smallest absolute Gasteiger partial charge is 0.167 e. The van der Waals surface area contributed by atoms with Crippen molar-refractivity contribution in [3.8, 4) is 17.6 Å². The second-order valence-corrected chi connectivity index (χ2v) is 3.99. The summed E-state index contributed by atoms with van der Waals surface area (Å²) in [5.41, 5.74) is 6.52. The number of nitrogens with two attached hydrogens (primary N) is 1. The topological polar surface area (TPSA) is 59.0 Å². The van der Waals surface area contributed by atoms with E-state index in [4.69, 9.17) is 15.7 Å². The summed E-state index contributed by atoms with van der Waals surface area (Å²) in [4.78, 5) is 0. The fraction of sp³-hybridized carbons (Fsp3) is 0.0714. The van der Waals surface area contributed by atoms with Crippen molar-refractivity contribution in [2.75, 3.05) is 5.73 Å². The Morgan fingerprint density at radius 3 is 2.58 bits per heavy atom. The number of nitrogen functional groups attached to an aromatic ring is 1. The first-order valence-electron chi connectivity index (χ1n) is 5.44. The van der Waals surface area contributed by atoms with Gasteiger partial charge in [0.1, 0.15) is 17.6 Å². The minimum Gasteiger partial charge on any atom is -0.453 e. The molecule has 2 aromatic rings. The number of benzene rings is 2. The van der Waals surface area contributed by atoms with E-state index in [1.54, 1.807) is 13.0 Å². The Hall–Kier alpha value is -2.61. The molecule has 0 aliphatic heterocycles. The predicted octanol–water partition coefficient (Wildman–Crippen LogP) is 3.52. The van der Waals surface area contributed by atoms with E-state index in [0.29, 0.717) is 11.3 Å². The number of nitrogens with zero attached hydrogens (tertiary/aromatic N) is 1. The molecule has 0 aliphatic carbocycles. The highest BCUT2D eigenvalue weighted by Gasteiger charge is 2.11. The Kier molecular flexibility index (Phi) is 3.34. The molecule has 2 N–H and O–H groups in total. The van der Waals surface area contributed by atoms with E-state index in [1.165, 1.54) is 12.1 Å². The SMILES string of the molecule is Cc1cc(Oc2ccc(F)cc2C#N)c(F)cc1N. The Bertz CT molecular complexity index is 678. The van der Waals surface area contributed by atoms with Gasteiger partial charge in [0.15, 0.2) is 11.6 Å². The van der Waals surface area contributed by atoms with Gasteiger partial charge in [0, 0.05) is 11.8 Å². The predicted molar refractivity (Wildman–Crippen MR) is 66.7 cm³/mol. The lowest BCUT2D eigenvalue weighted by atomic mass is 10.2. The lowest BCUT2D eigenvalue weighted by Crippen LogP contribution is -1.96. The number of halogens is 2. The second kappa shape index (κ2) is 4.94. The summed E-state index contributed by atoms with van der Waals surface area (Å²) in [6, 6.07) is 7.79. The summed E-state index contributed by atoms with van der Waals surface area (Å²) in [7, 11) is 0. The molecule has 3 nitrogen and oxygen atoms in total. The van der Waals surface area contributed by atoms with Gasteiger partial charge in [0.2, 0.25) is 0 Å². The number of anilines is 1. The van der Waals surface area contributed by atoms with Crippen molar-refractivity contribution < 1.29 is 13.5 Å². The van der Waals surface area contributed by atoms with Crippen LogP contribution in [0.5, 0.6) is 11.5 Å². The number of rotatable bonds is 2. The van der Waals surface area contributed by atoms with Crippen LogP contribution in [-0.4, -0.2) is 0 Å². The quantitative estimate of drug-likeness (QED) is 0.840. The molecular formula is C14H10F2N2O. The average molecular weight is 260 g/mol. The van der Waals surface area contributed by atoms with E-state index in [1.807, 2.05) is 0 Å². The van der Waals surface area contributed by atoms with Gasteiger partial charge in [-0.2, -0.15) is 5.26 Å². The zero-order valence-corrected chi connectivity index (χ0v) is 10.1. The molecule has 0 heterocycles. The van der Waals surface area contributed by atoms with Crippen LogP contribution < -0.4 is 10.5 Å². The molecule has 0 radical (unpaired) electrons. The molecule has 19 heavy (non-hydrogen) atoms. The fourth-order valence-corrected chi connectivity index (χ4v) is 1.55. The molecule has 0 aromatic heterocycles. The number of nitriles is 1. The summed E-state index contributed by atoms with van der Waals surface area (Å²) in [6.07, 6.45) is 0. The van der Waals surface area contributed by atoms with E-state index in [9.17, 15) is 8.78 Å². The Balaban J connectivity index is 2.42. The van der Waals surface area contributed by atoms with Crippen LogP contribution in [0.4, 0.5) is 14.5 Å². The van der Waals surface area contributed by atoms with Crippen molar-refractivity contribution >= 4 is 5.69 Å². The molecule has 0 unspecified atom stereocenters. The third-order valence-corrected chi connectivity index (χ3v) is 2.60. The van der Waals surface area contributed by atoms with Gasteiger partial charge in [0.05, 0.1) is 5.56 Å². The molecule has 2 rings (SSSR count). The number of aryl methyl sites for hydroxylation is 1. The number of hydrogen-bond acceptors (Lipinski definition) is 3. The van der Waals surface area contributed by atoms with Crippen molar-refractivity contribution in [1.82, 2.24) is 0 Å². The van der Waals surface area contributed by atoms with Crippen molar-refractivity contribution in [2.24, 2.45) is 0 Å². The molecule has 96 valence electrons. The van der Waals surface area contributed by atoms with E-state index < -0.39 is 11.6 Å². The molecular weight excluding hydrogens is 250 g/mol. The zero-order valence-electron chi connectivity index (χ0n) is 10.1. The summed E-state index contributed by atoms with van der Waals surface area (Å²) in [5, 5.41) is 8.88. The summed E-state index contributed by atoms with van der Waals surface area (Å²) < 4.78 is 31.9. The van der Waals surface area contributed by atoms with Gasteiger partial charge in [-0.05, 0) is 36.8 Å². The maximum atomic E-state index is 13.7. The van der Waals surface area contributed by atoms with Crippen molar-refractivity contribution in [3.63, 3.8) is 0 Å². The molecule has 2 aromatic carbocycles. The first-order chi connectivity index (χ1) is 9.01. The van der Waals surface area contributed by atoms with Gasteiger partial charge in [-0.1, -0.05) is 0 Å². The fourth-order valence-electron chi connectivity index (χ4n) is 1.55. The first kappa shape index (κ1) is 12.8. The highest BCUT2D eigenvalue weighted by Crippen LogP contribution is 2.30. The van der Waals surface area contributed by atoms with Crippen molar-refractivity contribution in [1.29, 1.82) is 5.26 Å². The number of ether oxygens (including phenoxy) is 1. The summed E-state index contributed by atoms with van der Waals surface area (Å²) >= 11 is 0. The molecule has 0 atom stereocenters. The van der Waals surface area contributed by atoms with E-state index in [2.05, 4.69) is 0 Å². The van der Waals surface area contributed by atoms with Crippen LogP contribution in [0.25, 0.3) is 0 Å². The Labute approximate surface area is 108 Å².